The van der Waals surface area contributed by atoms with Gasteiger partial charge in [-0.05, 0) is 23.8 Å². The molecule has 0 aliphatic rings. The van der Waals surface area contributed by atoms with E-state index in [1.54, 1.807) is 6.07 Å². The van der Waals surface area contributed by atoms with Crippen molar-refractivity contribution in [1.29, 1.82) is 0 Å². The Kier molecular flexibility index (Phi) is 5.01. The summed E-state index contributed by atoms with van der Waals surface area (Å²) in [7, 11) is 0. The average molecular weight is 253 g/mol. The first-order chi connectivity index (χ1) is 8.49. The summed E-state index contributed by atoms with van der Waals surface area (Å²) >= 11 is 0. The molecule has 0 fully saturated rings. The number of benzene rings is 1. The van der Waals surface area contributed by atoms with Crippen molar-refractivity contribution in [2.24, 2.45) is 0 Å². The van der Waals surface area contributed by atoms with E-state index in [0.717, 1.165) is 6.08 Å². The molecule has 0 radical (unpaired) electrons. The SMILES string of the molecule is O=C(/C=C/c1cccc(F)c1)NC[C@H](O)C(=O)O. The predicted octanol–water partition coefficient (Wildman–Crippen LogP) is 0.401. The van der Waals surface area contributed by atoms with Crippen molar-refractivity contribution in [2.75, 3.05) is 6.54 Å². The van der Waals surface area contributed by atoms with Gasteiger partial charge in [0.05, 0.1) is 6.54 Å². The molecule has 0 heterocycles. The molecule has 0 aromatic heterocycles. The Morgan fingerprint density at radius 2 is 2.17 bits per heavy atom. The van der Waals surface area contributed by atoms with E-state index < -0.39 is 23.8 Å². The number of aliphatic carboxylic acids is 1. The summed E-state index contributed by atoms with van der Waals surface area (Å²) in [4.78, 5) is 21.5. The van der Waals surface area contributed by atoms with Gasteiger partial charge in [0.15, 0.2) is 6.10 Å². The second-order valence-electron chi connectivity index (χ2n) is 3.49. The van der Waals surface area contributed by atoms with Crippen molar-refractivity contribution in [2.45, 2.75) is 6.10 Å². The van der Waals surface area contributed by atoms with Gasteiger partial charge in [-0.3, -0.25) is 4.79 Å². The van der Waals surface area contributed by atoms with Crippen LogP contribution in [0.1, 0.15) is 5.56 Å². The Balaban J connectivity index is 2.47. The first-order valence-corrected chi connectivity index (χ1v) is 5.11. The molecule has 5 nitrogen and oxygen atoms in total. The maximum absolute atomic E-state index is 12.8. The van der Waals surface area contributed by atoms with E-state index in [1.165, 1.54) is 24.3 Å². The van der Waals surface area contributed by atoms with E-state index in [9.17, 15) is 14.0 Å². The zero-order valence-corrected chi connectivity index (χ0v) is 9.34. The van der Waals surface area contributed by atoms with Gasteiger partial charge >= 0.3 is 5.97 Å². The predicted molar refractivity (Wildman–Crippen MR) is 62.1 cm³/mol. The van der Waals surface area contributed by atoms with Gasteiger partial charge in [-0.25, -0.2) is 9.18 Å². The molecule has 0 saturated carbocycles. The number of rotatable bonds is 5. The number of carbonyl (C=O) groups excluding carboxylic acids is 1. The lowest BCUT2D eigenvalue weighted by atomic mass is 10.2. The molecule has 0 bridgehead atoms. The molecule has 96 valence electrons. The number of carbonyl (C=O) groups is 2. The number of carboxylic acid groups (broad SMARTS) is 1. The lowest BCUT2D eigenvalue weighted by Gasteiger charge is -2.05. The molecule has 6 heteroatoms. The quantitative estimate of drug-likeness (QED) is 0.663. The van der Waals surface area contributed by atoms with E-state index in [2.05, 4.69) is 5.32 Å². The van der Waals surface area contributed by atoms with Crippen molar-refractivity contribution in [3.63, 3.8) is 0 Å². The molecule has 0 unspecified atom stereocenters. The summed E-state index contributed by atoms with van der Waals surface area (Å²) in [6, 6.07) is 5.64. The van der Waals surface area contributed by atoms with E-state index >= 15 is 0 Å². The van der Waals surface area contributed by atoms with Crippen LogP contribution in [0.15, 0.2) is 30.3 Å². The summed E-state index contributed by atoms with van der Waals surface area (Å²) < 4.78 is 12.8. The van der Waals surface area contributed by atoms with Crippen LogP contribution in [0.4, 0.5) is 4.39 Å². The van der Waals surface area contributed by atoms with Crippen LogP contribution >= 0.6 is 0 Å². The van der Waals surface area contributed by atoms with Gasteiger partial charge in [0, 0.05) is 6.08 Å². The summed E-state index contributed by atoms with van der Waals surface area (Å²) in [5.74, 6) is -2.40. The van der Waals surface area contributed by atoms with E-state index in [1.807, 2.05) is 0 Å². The average Bonchev–Trinajstić information content (AvgIpc) is 2.33. The summed E-state index contributed by atoms with van der Waals surface area (Å²) in [6.45, 7) is -0.387. The van der Waals surface area contributed by atoms with Crippen molar-refractivity contribution in [3.05, 3.63) is 41.7 Å². The molecular weight excluding hydrogens is 241 g/mol. The minimum Gasteiger partial charge on any atom is -0.479 e. The maximum Gasteiger partial charge on any atom is 0.334 e. The van der Waals surface area contributed by atoms with Gasteiger partial charge in [0.2, 0.25) is 5.91 Å². The molecule has 1 atom stereocenters. The highest BCUT2D eigenvalue weighted by molar-refractivity contribution is 5.92. The molecular formula is C12H12FNO4. The van der Waals surface area contributed by atoms with E-state index in [4.69, 9.17) is 10.2 Å². The van der Waals surface area contributed by atoms with Crippen molar-refractivity contribution >= 4 is 18.0 Å². The van der Waals surface area contributed by atoms with Crippen molar-refractivity contribution in [1.82, 2.24) is 5.32 Å². The number of carboxylic acids is 1. The summed E-state index contributed by atoms with van der Waals surface area (Å²) in [5.41, 5.74) is 0.504. The minimum absolute atomic E-state index is 0.387. The normalized spacial score (nSPS) is 12.3. The second-order valence-corrected chi connectivity index (χ2v) is 3.49. The molecule has 0 aliphatic carbocycles. The zero-order chi connectivity index (χ0) is 13.5. The number of halogens is 1. The maximum atomic E-state index is 12.8. The molecule has 0 aliphatic heterocycles. The highest BCUT2D eigenvalue weighted by Gasteiger charge is 2.12. The number of amides is 1. The van der Waals surface area contributed by atoms with Gasteiger partial charge in [-0.15, -0.1) is 0 Å². The lowest BCUT2D eigenvalue weighted by Crippen LogP contribution is -2.35. The van der Waals surface area contributed by atoms with Gasteiger partial charge in [0.25, 0.3) is 0 Å². The smallest absolute Gasteiger partial charge is 0.334 e. The Bertz CT molecular complexity index is 473. The van der Waals surface area contributed by atoms with Crippen molar-refractivity contribution < 1.29 is 24.2 Å². The Labute approximate surface area is 103 Å². The first kappa shape index (κ1) is 13.9. The molecule has 18 heavy (non-hydrogen) atoms. The third-order valence-corrected chi connectivity index (χ3v) is 2.03. The van der Waals surface area contributed by atoms with Crippen molar-refractivity contribution in [3.8, 4) is 0 Å². The third kappa shape index (κ3) is 4.75. The third-order valence-electron chi connectivity index (χ3n) is 2.03. The highest BCUT2D eigenvalue weighted by atomic mass is 19.1. The van der Waals surface area contributed by atoms with Crippen LogP contribution in [0.25, 0.3) is 6.08 Å². The summed E-state index contributed by atoms with van der Waals surface area (Å²) in [5, 5.41) is 19.5. The number of aliphatic hydroxyl groups excluding tert-OH is 1. The number of hydrogen-bond acceptors (Lipinski definition) is 3. The zero-order valence-electron chi connectivity index (χ0n) is 9.34. The van der Waals surface area contributed by atoms with Gasteiger partial charge in [-0.2, -0.15) is 0 Å². The molecule has 1 amide bonds. The van der Waals surface area contributed by atoms with Crippen LogP contribution < -0.4 is 5.32 Å². The van der Waals surface area contributed by atoms with E-state index in [0.29, 0.717) is 5.56 Å². The largest absolute Gasteiger partial charge is 0.479 e. The molecule has 3 N–H and O–H groups in total. The molecule has 0 saturated heterocycles. The fourth-order valence-corrected chi connectivity index (χ4v) is 1.13. The standard InChI is InChI=1S/C12H12FNO4/c13-9-3-1-2-8(6-9)4-5-11(16)14-7-10(15)12(17)18/h1-6,10,15H,7H2,(H,14,16)(H,17,18)/b5-4+/t10-/m0/s1. The monoisotopic (exact) mass is 253 g/mol. The molecule has 1 aromatic carbocycles. The van der Waals surface area contributed by atoms with Crippen LogP contribution in [-0.4, -0.2) is 34.7 Å². The number of nitrogens with one attached hydrogen (secondary N) is 1. The lowest BCUT2D eigenvalue weighted by molar-refractivity contribution is -0.146. The first-order valence-electron chi connectivity index (χ1n) is 5.11. The van der Waals surface area contributed by atoms with Gasteiger partial charge in [-0.1, -0.05) is 12.1 Å². The van der Waals surface area contributed by atoms with Crippen LogP contribution in [0.5, 0.6) is 0 Å². The van der Waals surface area contributed by atoms with Gasteiger partial charge < -0.3 is 15.5 Å². The van der Waals surface area contributed by atoms with Crippen LogP contribution in [0.2, 0.25) is 0 Å². The van der Waals surface area contributed by atoms with Crippen LogP contribution in [0, 0.1) is 5.82 Å². The second kappa shape index (κ2) is 6.51. The van der Waals surface area contributed by atoms with Crippen LogP contribution in [-0.2, 0) is 9.59 Å². The molecule has 0 spiro atoms. The van der Waals surface area contributed by atoms with E-state index in [-0.39, 0.29) is 6.54 Å². The summed E-state index contributed by atoms with van der Waals surface area (Å²) in [6.07, 6.45) is 0.867. The fraction of sp³-hybridized carbons (Fsp3) is 0.167. The molecule has 1 rings (SSSR count). The number of aliphatic hydroxyl groups is 1. The Morgan fingerprint density at radius 3 is 2.78 bits per heavy atom. The van der Waals surface area contributed by atoms with Crippen LogP contribution in [0.3, 0.4) is 0 Å². The number of hydrogen-bond donors (Lipinski definition) is 3. The minimum atomic E-state index is -1.64. The highest BCUT2D eigenvalue weighted by Crippen LogP contribution is 2.04. The Hall–Kier alpha value is -2.21. The van der Waals surface area contributed by atoms with Gasteiger partial charge in [0.1, 0.15) is 5.82 Å². The molecule has 1 aromatic rings. The fourth-order valence-electron chi connectivity index (χ4n) is 1.13. The Morgan fingerprint density at radius 1 is 1.44 bits per heavy atom. The topological polar surface area (TPSA) is 86.6 Å².